The number of benzene rings is 1. The van der Waals surface area contributed by atoms with E-state index in [0.29, 0.717) is 34.6 Å². The summed E-state index contributed by atoms with van der Waals surface area (Å²) in [4.78, 5) is 16.2. The number of rotatable bonds is 7. The second kappa shape index (κ2) is 8.53. The Morgan fingerprint density at radius 3 is 2.62 bits per heavy atom. The number of anilines is 1. The van der Waals surface area contributed by atoms with Crippen LogP contribution in [0.25, 0.3) is 0 Å². The first-order valence-corrected chi connectivity index (χ1v) is 8.17. The number of nitrogens with zero attached hydrogens (tertiary/aromatic N) is 2. The minimum atomic E-state index is -0.297. The molecule has 0 aliphatic heterocycles. The number of nitrogens with one attached hydrogen (secondary N) is 3. The van der Waals surface area contributed by atoms with E-state index in [4.69, 9.17) is 9.47 Å². The Morgan fingerprint density at radius 2 is 2.00 bits per heavy atom. The van der Waals surface area contributed by atoms with Crippen LogP contribution in [0.5, 0.6) is 11.5 Å². The Bertz CT molecular complexity index is 704. The summed E-state index contributed by atoms with van der Waals surface area (Å²) in [5.74, 6) is 2.65. The van der Waals surface area contributed by atoms with Crippen molar-refractivity contribution >= 4 is 27.6 Å². The number of urea groups is 1. The molecule has 3 N–H and O–H groups in total. The van der Waals surface area contributed by atoms with Gasteiger partial charge in [-0.3, -0.25) is 5.10 Å². The molecular formula is C15H20BrN5O3. The molecule has 24 heavy (non-hydrogen) atoms. The molecule has 1 heterocycles. The van der Waals surface area contributed by atoms with E-state index in [2.05, 4.69) is 41.7 Å². The molecule has 0 aliphatic carbocycles. The van der Waals surface area contributed by atoms with Gasteiger partial charge in [0.1, 0.15) is 5.82 Å². The molecular weight excluding hydrogens is 378 g/mol. The molecule has 0 unspecified atom stereocenters. The van der Waals surface area contributed by atoms with Crippen LogP contribution in [0.15, 0.2) is 16.6 Å². The van der Waals surface area contributed by atoms with Crippen molar-refractivity contribution in [2.45, 2.75) is 19.8 Å². The van der Waals surface area contributed by atoms with Crippen molar-refractivity contribution in [1.29, 1.82) is 0 Å². The van der Waals surface area contributed by atoms with Gasteiger partial charge < -0.3 is 20.1 Å². The molecule has 9 heteroatoms. The minimum absolute atomic E-state index is 0.297. The second-order valence-corrected chi connectivity index (χ2v) is 5.86. The third-order valence-electron chi connectivity index (χ3n) is 3.23. The van der Waals surface area contributed by atoms with Gasteiger partial charge in [0.2, 0.25) is 0 Å². The fourth-order valence-electron chi connectivity index (χ4n) is 2.07. The number of hydrogen-bond acceptors (Lipinski definition) is 5. The number of aromatic nitrogens is 3. The summed E-state index contributed by atoms with van der Waals surface area (Å²) in [6.07, 6.45) is 1.45. The van der Waals surface area contributed by atoms with Crippen LogP contribution in [0.4, 0.5) is 10.5 Å². The first-order chi connectivity index (χ1) is 11.5. The first kappa shape index (κ1) is 18.1. The lowest BCUT2D eigenvalue weighted by molar-refractivity contribution is 0.252. The fourth-order valence-corrected chi connectivity index (χ4v) is 2.49. The highest BCUT2D eigenvalue weighted by Gasteiger charge is 2.11. The van der Waals surface area contributed by atoms with E-state index in [0.717, 1.165) is 18.1 Å². The third kappa shape index (κ3) is 4.85. The van der Waals surface area contributed by atoms with Crippen LogP contribution < -0.4 is 20.1 Å². The highest BCUT2D eigenvalue weighted by molar-refractivity contribution is 9.10. The van der Waals surface area contributed by atoms with Gasteiger partial charge in [0.25, 0.3) is 0 Å². The molecule has 2 rings (SSSR count). The summed E-state index contributed by atoms with van der Waals surface area (Å²) in [6, 6.07) is 3.13. The lowest BCUT2D eigenvalue weighted by Crippen LogP contribution is -2.30. The number of ether oxygens (including phenoxy) is 2. The maximum Gasteiger partial charge on any atom is 0.319 e. The van der Waals surface area contributed by atoms with Crippen LogP contribution in [-0.2, 0) is 6.42 Å². The Balaban J connectivity index is 1.83. The van der Waals surface area contributed by atoms with Gasteiger partial charge in [-0.05, 0) is 29.3 Å². The molecule has 0 atom stereocenters. The van der Waals surface area contributed by atoms with Gasteiger partial charge in [-0.25, -0.2) is 9.78 Å². The van der Waals surface area contributed by atoms with Crippen molar-refractivity contribution in [3.63, 3.8) is 0 Å². The number of hydrogen-bond donors (Lipinski definition) is 3. The van der Waals surface area contributed by atoms with Crippen molar-refractivity contribution in [3.05, 3.63) is 28.3 Å². The van der Waals surface area contributed by atoms with Gasteiger partial charge in [0, 0.05) is 29.6 Å². The quantitative estimate of drug-likeness (QED) is 0.623. The molecule has 0 saturated carbocycles. The monoisotopic (exact) mass is 397 g/mol. The van der Waals surface area contributed by atoms with Gasteiger partial charge in [0.05, 0.1) is 19.9 Å². The van der Waals surface area contributed by atoms with E-state index in [1.807, 2.05) is 6.92 Å². The summed E-state index contributed by atoms with van der Waals surface area (Å²) in [5.41, 5.74) is 0.592. The zero-order valence-corrected chi connectivity index (χ0v) is 15.4. The lowest BCUT2D eigenvalue weighted by atomic mass is 10.2. The summed E-state index contributed by atoms with van der Waals surface area (Å²) in [6.45, 7) is 2.37. The van der Waals surface area contributed by atoms with Crippen molar-refractivity contribution in [3.8, 4) is 11.5 Å². The standard InChI is InChI=1S/C15H20BrN5O3/c1-9-18-14(21-20-9)5-4-6-17-15(22)19-11-8-13(24-3)12(23-2)7-10(11)16/h7-8H,4-6H2,1-3H3,(H2,17,19,22)(H,18,20,21). The summed E-state index contributed by atoms with van der Waals surface area (Å²) >= 11 is 3.40. The van der Waals surface area contributed by atoms with Crippen LogP contribution in [0.3, 0.4) is 0 Å². The molecule has 0 radical (unpaired) electrons. The van der Waals surface area contributed by atoms with E-state index in [-0.39, 0.29) is 6.03 Å². The second-order valence-electron chi connectivity index (χ2n) is 5.01. The summed E-state index contributed by atoms with van der Waals surface area (Å²) in [5, 5.41) is 12.4. The van der Waals surface area contributed by atoms with Crippen LogP contribution in [0, 0.1) is 6.92 Å². The first-order valence-electron chi connectivity index (χ1n) is 7.37. The third-order valence-corrected chi connectivity index (χ3v) is 3.88. The number of H-pyrrole nitrogens is 1. The average molecular weight is 398 g/mol. The molecule has 1 aromatic carbocycles. The van der Waals surface area contributed by atoms with Gasteiger partial charge >= 0.3 is 6.03 Å². The Hall–Kier alpha value is -2.29. The maximum absolute atomic E-state index is 12.0. The molecule has 2 aromatic rings. The van der Waals surface area contributed by atoms with Crippen molar-refractivity contribution in [2.75, 3.05) is 26.1 Å². The Labute approximate surface area is 148 Å². The number of halogens is 1. The minimum Gasteiger partial charge on any atom is -0.493 e. The van der Waals surface area contributed by atoms with E-state index in [9.17, 15) is 4.79 Å². The van der Waals surface area contributed by atoms with Crippen molar-refractivity contribution < 1.29 is 14.3 Å². The normalized spacial score (nSPS) is 10.3. The lowest BCUT2D eigenvalue weighted by Gasteiger charge is -2.13. The number of carbonyl (C=O) groups is 1. The molecule has 0 aliphatic rings. The molecule has 0 fully saturated rings. The largest absolute Gasteiger partial charge is 0.493 e. The molecule has 8 nitrogen and oxygen atoms in total. The van der Waals surface area contributed by atoms with Crippen molar-refractivity contribution in [2.24, 2.45) is 0 Å². The summed E-state index contributed by atoms with van der Waals surface area (Å²) < 4.78 is 11.1. The number of aromatic amines is 1. The topological polar surface area (TPSA) is 101 Å². The van der Waals surface area contributed by atoms with E-state index >= 15 is 0 Å². The maximum atomic E-state index is 12.0. The number of amides is 2. The molecule has 130 valence electrons. The smallest absolute Gasteiger partial charge is 0.319 e. The number of methoxy groups -OCH3 is 2. The van der Waals surface area contributed by atoms with Crippen LogP contribution >= 0.6 is 15.9 Å². The zero-order valence-electron chi connectivity index (χ0n) is 13.8. The summed E-state index contributed by atoms with van der Waals surface area (Å²) in [7, 11) is 3.10. The van der Waals surface area contributed by atoms with Gasteiger partial charge in [-0.2, -0.15) is 5.10 Å². The van der Waals surface area contributed by atoms with Gasteiger partial charge in [0.15, 0.2) is 17.3 Å². The van der Waals surface area contributed by atoms with Crippen LogP contribution in [0.2, 0.25) is 0 Å². The van der Waals surface area contributed by atoms with Crippen molar-refractivity contribution in [1.82, 2.24) is 20.5 Å². The predicted octanol–water partition coefficient (Wildman–Crippen LogP) is 2.65. The number of aryl methyl sites for hydroxylation is 2. The molecule has 1 aromatic heterocycles. The average Bonchev–Trinajstić information content (AvgIpc) is 2.98. The molecule has 2 amide bonds. The van der Waals surface area contributed by atoms with Gasteiger partial charge in [-0.1, -0.05) is 0 Å². The molecule has 0 bridgehead atoms. The van der Waals surface area contributed by atoms with Crippen LogP contribution in [0.1, 0.15) is 18.1 Å². The Morgan fingerprint density at radius 1 is 1.29 bits per heavy atom. The van der Waals surface area contributed by atoms with Crippen LogP contribution in [-0.4, -0.2) is 42.0 Å². The molecule has 0 saturated heterocycles. The SMILES string of the molecule is COc1cc(Br)c(NC(=O)NCCCc2n[nH]c(C)n2)cc1OC. The highest BCUT2D eigenvalue weighted by Crippen LogP contribution is 2.36. The van der Waals surface area contributed by atoms with E-state index in [1.54, 1.807) is 26.4 Å². The molecule has 0 spiro atoms. The van der Waals surface area contributed by atoms with E-state index < -0.39 is 0 Å². The number of carbonyl (C=O) groups excluding carboxylic acids is 1. The zero-order chi connectivity index (χ0) is 17.5. The Kier molecular flexibility index (Phi) is 6.42. The highest BCUT2D eigenvalue weighted by atomic mass is 79.9. The van der Waals surface area contributed by atoms with E-state index in [1.165, 1.54) is 0 Å². The van der Waals surface area contributed by atoms with Gasteiger partial charge in [-0.15, -0.1) is 0 Å². The fraction of sp³-hybridized carbons (Fsp3) is 0.400. The predicted molar refractivity (Wildman–Crippen MR) is 93.7 cm³/mol.